The third kappa shape index (κ3) is 4.95. The van der Waals surface area contributed by atoms with Gasteiger partial charge in [0.2, 0.25) is 0 Å². The summed E-state index contributed by atoms with van der Waals surface area (Å²) in [5, 5.41) is 9.00. The molecule has 0 bridgehead atoms. The molecule has 1 aromatic heterocycles. The Morgan fingerprint density at radius 2 is 1.79 bits per heavy atom. The molecule has 0 saturated heterocycles. The van der Waals surface area contributed by atoms with Crippen LogP contribution >= 0.6 is 0 Å². The molecule has 0 fully saturated rings. The SMILES string of the molecule is CCCCc1nc2cc(C(C)=O)ccc2n1Cc1ccc(-c2ccccc2OC(=O)O)cc1. The Morgan fingerprint density at radius 1 is 1.03 bits per heavy atom. The number of carbonyl (C=O) groups is 2. The van der Waals surface area contributed by atoms with Crippen molar-refractivity contribution in [2.24, 2.45) is 0 Å². The summed E-state index contributed by atoms with van der Waals surface area (Å²) >= 11 is 0. The molecule has 4 rings (SSSR count). The predicted octanol–water partition coefficient (Wildman–Crippen LogP) is 6.35. The fraction of sp³-hybridized carbons (Fsp3) is 0.222. The van der Waals surface area contributed by atoms with Gasteiger partial charge in [0.15, 0.2) is 5.78 Å². The van der Waals surface area contributed by atoms with E-state index in [1.807, 2.05) is 54.6 Å². The largest absolute Gasteiger partial charge is 0.511 e. The second kappa shape index (κ2) is 9.69. The molecular formula is C27H26N2O4. The van der Waals surface area contributed by atoms with Gasteiger partial charge in [-0.3, -0.25) is 4.79 Å². The van der Waals surface area contributed by atoms with E-state index < -0.39 is 6.16 Å². The molecule has 0 amide bonds. The molecule has 6 nitrogen and oxygen atoms in total. The highest BCUT2D eigenvalue weighted by Gasteiger charge is 2.14. The van der Waals surface area contributed by atoms with Gasteiger partial charge in [0, 0.05) is 24.1 Å². The van der Waals surface area contributed by atoms with E-state index in [1.165, 1.54) is 0 Å². The molecule has 0 radical (unpaired) electrons. The minimum Gasteiger partial charge on any atom is -0.449 e. The van der Waals surface area contributed by atoms with Crippen molar-refractivity contribution >= 4 is 23.0 Å². The number of fused-ring (bicyclic) bond motifs is 1. The van der Waals surface area contributed by atoms with Crippen LogP contribution in [0, 0.1) is 0 Å². The predicted molar refractivity (Wildman–Crippen MR) is 128 cm³/mol. The summed E-state index contributed by atoms with van der Waals surface area (Å²) in [4.78, 5) is 27.6. The van der Waals surface area contributed by atoms with Gasteiger partial charge < -0.3 is 14.4 Å². The number of nitrogens with zero attached hydrogens (tertiary/aromatic N) is 2. The summed E-state index contributed by atoms with van der Waals surface area (Å²) < 4.78 is 7.14. The van der Waals surface area contributed by atoms with Crippen molar-refractivity contribution in [3.63, 3.8) is 0 Å². The molecule has 33 heavy (non-hydrogen) atoms. The molecule has 0 spiro atoms. The molecule has 0 aliphatic carbocycles. The lowest BCUT2D eigenvalue weighted by Crippen LogP contribution is -2.06. The molecular weight excluding hydrogens is 416 g/mol. The average Bonchev–Trinajstić information content (AvgIpc) is 3.14. The number of ketones is 1. The number of benzene rings is 3. The molecule has 4 aromatic rings. The summed E-state index contributed by atoms with van der Waals surface area (Å²) in [5.41, 5.74) is 5.22. The zero-order chi connectivity index (χ0) is 23.4. The van der Waals surface area contributed by atoms with Gasteiger partial charge in [-0.15, -0.1) is 0 Å². The molecule has 0 atom stereocenters. The molecule has 3 aromatic carbocycles. The quantitative estimate of drug-likeness (QED) is 0.195. The number of unbranched alkanes of at least 4 members (excludes halogenated alkanes) is 1. The van der Waals surface area contributed by atoms with Gasteiger partial charge in [-0.2, -0.15) is 0 Å². The highest BCUT2D eigenvalue weighted by molar-refractivity contribution is 5.97. The summed E-state index contributed by atoms with van der Waals surface area (Å²) in [7, 11) is 0. The fourth-order valence-electron chi connectivity index (χ4n) is 3.96. The van der Waals surface area contributed by atoms with E-state index in [0.717, 1.165) is 52.8 Å². The lowest BCUT2D eigenvalue weighted by molar-refractivity contribution is 0.101. The first kappa shape index (κ1) is 22.3. The maximum atomic E-state index is 11.8. The van der Waals surface area contributed by atoms with Crippen LogP contribution < -0.4 is 4.74 Å². The highest BCUT2D eigenvalue weighted by atomic mass is 16.7. The number of carbonyl (C=O) groups excluding carboxylic acids is 1. The number of ether oxygens (including phenoxy) is 1. The van der Waals surface area contributed by atoms with Crippen LogP contribution in [0.5, 0.6) is 5.75 Å². The summed E-state index contributed by atoms with van der Waals surface area (Å²) in [6, 6.07) is 20.8. The second-order valence-corrected chi connectivity index (χ2v) is 8.04. The molecule has 0 aliphatic rings. The van der Waals surface area contributed by atoms with Crippen molar-refractivity contribution in [2.45, 2.75) is 39.7 Å². The van der Waals surface area contributed by atoms with E-state index in [9.17, 15) is 9.59 Å². The molecule has 0 saturated carbocycles. The van der Waals surface area contributed by atoms with Crippen LogP contribution in [-0.2, 0) is 13.0 Å². The number of para-hydroxylation sites is 1. The number of rotatable bonds is 8. The van der Waals surface area contributed by atoms with Crippen LogP contribution in [-0.4, -0.2) is 26.6 Å². The minimum atomic E-state index is -1.33. The van der Waals surface area contributed by atoms with Gasteiger partial charge in [-0.25, -0.2) is 9.78 Å². The third-order valence-electron chi connectivity index (χ3n) is 5.68. The first-order valence-corrected chi connectivity index (χ1v) is 11.1. The molecule has 168 valence electrons. The van der Waals surface area contributed by atoms with Crippen molar-refractivity contribution in [2.75, 3.05) is 0 Å². The maximum absolute atomic E-state index is 11.8. The molecule has 1 N–H and O–H groups in total. The smallest absolute Gasteiger partial charge is 0.449 e. The Balaban J connectivity index is 1.66. The Bertz CT molecular complexity index is 1310. The molecule has 6 heteroatoms. The van der Waals surface area contributed by atoms with Crippen molar-refractivity contribution in [1.82, 2.24) is 9.55 Å². The Morgan fingerprint density at radius 3 is 2.48 bits per heavy atom. The zero-order valence-corrected chi connectivity index (χ0v) is 18.7. The number of aromatic nitrogens is 2. The van der Waals surface area contributed by atoms with Crippen LogP contribution in [0.3, 0.4) is 0 Å². The summed E-state index contributed by atoms with van der Waals surface area (Å²) in [6.07, 6.45) is 1.66. The normalized spacial score (nSPS) is 11.0. The summed E-state index contributed by atoms with van der Waals surface area (Å²) in [5.74, 6) is 1.35. The van der Waals surface area contributed by atoms with E-state index in [2.05, 4.69) is 11.5 Å². The average molecular weight is 443 g/mol. The molecule has 0 aliphatic heterocycles. The van der Waals surface area contributed by atoms with E-state index in [4.69, 9.17) is 14.8 Å². The third-order valence-corrected chi connectivity index (χ3v) is 5.68. The van der Waals surface area contributed by atoms with Crippen LogP contribution in [0.2, 0.25) is 0 Å². The number of carboxylic acid groups (broad SMARTS) is 1. The molecule has 0 unspecified atom stereocenters. The van der Waals surface area contributed by atoms with Crippen molar-refractivity contribution in [3.05, 3.63) is 83.7 Å². The van der Waals surface area contributed by atoms with Gasteiger partial charge in [0.05, 0.1) is 11.0 Å². The Hall–Kier alpha value is -3.93. The first-order valence-electron chi connectivity index (χ1n) is 11.1. The van der Waals surface area contributed by atoms with E-state index in [0.29, 0.717) is 17.9 Å². The van der Waals surface area contributed by atoms with Crippen molar-refractivity contribution in [1.29, 1.82) is 0 Å². The van der Waals surface area contributed by atoms with Gasteiger partial charge in [0.1, 0.15) is 11.6 Å². The van der Waals surface area contributed by atoms with Gasteiger partial charge in [0.25, 0.3) is 0 Å². The van der Waals surface area contributed by atoms with Gasteiger partial charge >= 0.3 is 6.16 Å². The van der Waals surface area contributed by atoms with Gasteiger partial charge in [-0.05, 0) is 48.7 Å². The van der Waals surface area contributed by atoms with E-state index >= 15 is 0 Å². The lowest BCUT2D eigenvalue weighted by Gasteiger charge is -2.12. The maximum Gasteiger partial charge on any atom is 0.511 e. The van der Waals surface area contributed by atoms with Crippen LogP contribution in [0.1, 0.15) is 48.4 Å². The van der Waals surface area contributed by atoms with Crippen molar-refractivity contribution < 1.29 is 19.4 Å². The number of hydrogen-bond acceptors (Lipinski definition) is 4. The second-order valence-electron chi connectivity index (χ2n) is 8.04. The number of imidazole rings is 1. The van der Waals surface area contributed by atoms with E-state index in [-0.39, 0.29) is 5.78 Å². The summed E-state index contributed by atoms with van der Waals surface area (Å²) in [6.45, 7) is 4.38. The topological polar surface area (TPSA) is 81.4 Å². The number of hydrogen-bond donors (Lipinski definition) is 1. The number of aryl methyl sites for hydroxylation is 1. The van der Waals surface area contributed by atoms with Gasteiger partial charge in [-0.1, -0.05) is 55.8 Å². The van der Waals surface area contributed by atoms with Crippen LogP contribution in [0.4, 0.5) is 4.79 Å². The standard InChI is InChI=1S/C27H26N2O4/c1-3-4-9-26-28-23-16-21(18(2)30)14-15-24(23)29(26)17-19-10-12-20(13-11-19)22-7-5-6-8-25(22)33-27(31)32/h5-8,10-16H,3-4,9,17H2,1-2H3,(H,31,32). The monoisotopic (exact) mass is 442 g/mol. The fourth-order valence-corrected chi connectivity index (χ4v) is 3.96. The molecule has 1 heterocycles. The first-order chi connectivity index (χ1) is 16.0. The minimum absolute atomic E-state index is 0.0318. The van der Waals surface area contributed by atoms with Crippen molar-refractivity contribution in [3.8, 4) is 16.9 Å². The lowest BCUT2D eigenvalue weighted by atomic mass is 10.0. The van der Waals surface area contributed by atoms with Crippen LogP contribution in [0.25, 0.3) is 22.2 Å². The number of Topliss-reactive ketones (excluding diaryl/α,β-unsaturated/α-hetero) is 1. The highest BCUT2D eigenvalue weighted by Crippen LogP contribution is 2.30. The van der Waals surface area contributed by atoms with Crippen LogP contribution in [0.15, 0.2) is 66.7 Å². The van der Waals surface area contributed by atoms with E-state index in [1.54, 1.807) is 19.1 Å². The Kier molecular flexibility index (Phi) is 6.54. The Labute approximate surface area is 192 Å². The zero-order valence-electron chi connectivity index (χ0n) is 18.7.